The average Bonchev–Trinajstić information content (AvgIpc) is 2.53. The minimum Gasteiger partial charge on any atom is -0.356 e. The van der Waals surface area contributed by atoms with Crippen LogP contribution in [0.2, 0.25) is 0 Å². The number of hydrogen-bond donors (Lipinski definition) is 1. The van der Waals surface area contributed by atoms with E-state index in [-0.39, 0.29) is 0 Å². The summed E-state index contributed by atoms with van der Waals surface area (Å²) in [6, 6.07) is 1.72. The van der Waals surface area contributed by atoms with Gasteiger partial charge in [-0.1, -0.05) is 0 Å². The number of rotatable bonds is 1. The summed E-state index contributed by atoms with van der Waals surface area (Å²) in [6.07, 6.45) is 3.66. The Balaban J connectivity index is 1.83. The van der Waals surface area contributed by atoms with Gasteiger partial charge in [0.25, 0.3) is 0 Å². The molecule has 2 aliphatic rings. The smallest absolute Gasteiger partial charge is 0.218 e. The number of halogens is 1. The molecule has 16 heavy (non-hydrogen) atoms. The standard InChI is InChI=1S/C11H15FN4/c12-9-3-10(15-6-14-9)16-4-7-1-2-8(5-16)11(7)13/h3,6-8,11H,1-2,4-5,13H2/t7-,8+,11-. The van der Waals surface area contributed by atoms with Gasteiger partial charge in [-0.3, -0.25) is 0 Å². The highest BCUT2D eigenvalue weighted by atomic mass is 19.1. The molecular weight excluding hydrogens is 207 g/mol. The molecule has 0 spiro atoms. The van der Waals surface area contributed by atoms with Crippen LogP contribution in [0.15, 0.2) is 12.4 Å². The lowest BCUT2D eigenvalue weighted by molar-refractivity contribution is 0.354. The van der Waals surface area contributed by atoms with Crippen molar-refractivity contribution >= 4 is 5.82 Å². The molecule has 3 atom stereocenters. The van der Waals surface area contributed by atoms with E-state index < -0.39 is 5.95 Å². The second-order valence-electron chi connectivity index (χ2n) is 4.78. The predicted octanol–water partition coefficient (Wildman–Crippen LogP) is 0.789. The zero-order chi connectivity index (χ0) is 11.1. The Morgan fingerprint density at radius 1 is 1.25 bits per heavy atom. The molecule has 86 valence electrons. The molecule has 5 heteroatoms. The summed E-state index contributed by atoms with van der Waals surface area (Å²) in [5.41, 5.74) is 6.12. The molecule has 1 aliphatic heterocycles. The fourth-order valence-corrected chi connectivity index (χ4v) is 2.95. The first kappa shape index (κ1) is 9.96. The Morgan fingerprint density at radius 2 is 1.94 bits per heavy atom. The van der Waals surface area contributed by atoms with Crippen LogP contribution in [0.5, 0.6) is 0 Å². The normalized spacial score (nSPS) is 33.1. The zero-order valence-electron chi connectivity index (χ0n) is 9.01. The van der Waals surface area contributed by atoms with E-state index in [1.165, 1.54) is 25.2 Å². The highest BCUT2D eigenvalue weighted by molar-refractivity contribution is 5.38. The molecule has 2 N–H and O–H groups in total. The van der Waals surface area contributed by atoms with Crippen molar-refractivity contribution < 1.29 is 4.39 Å². The predicted molar refractivity (Wildman–Crippen MR) is 58.4 cm³/mol. The lowest BCUT2D eigenvalue weighted by Crippen LogP contribution is -2.49. The Bertz CT molecular complexity index is 383. The first-order valence-electron chi connectivity index (χ1n) is 5.72. The van der Waals surface area contributed by atoms with Gasteiger partial charge in [0, 0.05) is 25.2 Å². The minimum atomic E-state index is -0.466. The Morgan fingerprint density at radius 3 is 2.56 bits per heavy atom. The van der Waals surface area contributed by atoms with Crippen molar-refractivity contribution in [3.8, 4) is 0 Å². The van der Waals surface area contributed by atoms with Gasteiger partial charge in [-0.25, -0.2) is 9.97 Å². The number of nitrogens with zero attached hydrogens (tertiary/aromatic N) is 3. The molecule has 0 amide bonds. The fourth-order valence-electron chi connectivity index (χ4n) is 2.95. The quantitative estimate of drug-likeness (QED) is 0.714. The fraction of sp³-hybridized carbons (Fsp3) is 0.636. The number of nitrogens with two attached hydrogens (primary N) is 1. The van der Waals surface area contributed by atoms with Crippen LogP contribution in [0.3, 0.4) is 0 Å². The Hall–Kier alpha value is -1.23. The van der Waals surface area contributed by atoms with E-state index >= 15 is 0 Å². The van der Waals surface area contributed by atoms with Gasteiger partial charge in [0.05, 0.1) is 0 Å². The van der Waals surface area contributed by atoms with E-state index in [1.807, 2.05) is 0 Å². The van der Waals surface area contributed by atoms with Crippen LogP contribution in [0.1, 0.15) is 12.8 Å². The van der Waals surface area contributed by atoms with Gasteiger partial charge in [0.2, 0.25) is 5.95 Å². The molecule has 0 aromatic carbocycles. The molecule has 2 heterocycles. The molecule has 2 bridgehead atoms. The molecule has 1 aliphatic carbocycles. The molecule has 1 aromatic rings. The van der Waals surface area contributed by atoms with E-state index in [2.05, 4.69) is 14.9 Å². The topological polar surface area (TPSA) is 55.0 Å². The molecule has 1 saturated carbocycles. The summed E-state index contributed by atoms with van der Waals surface area (Å²) < 4.78 is 13.0. The summed E-state index contributed by atoms with van der Waals surface area (Å²) in [4.78, 5) is 9.73. The maximum absolute atomic E-state index is 13.0. The van der Waals surface area contributed by atoms with E-state index in [0.717, 1.165) is 13.1 Å². The number of fused-ring (bicyclic) bond motifs is 2. The van der Waals surface area contributed by atoms with Gasteiger partial charge in [0.15, 0.2) is 0 Å². The van der Waals surface area contributed by atoms with Crippen molar-refractivity contribution in [3.63, 3.8) is 0 Å². The van der Waals surface area contributed by atoms with Crippen LogP contribution in [-0.2, 0) is 0 Å². The molecule has 2 fully saturated rings. The molecule has 1 aromatic heterocycles. The van der Waals surface area contributed by atoms with Crippen molar-refractivity contribution in [2.75, 3.05) is 18.0 Å². The zero-order valence-corrected chi connectivity index (χ0v) is 9.01. The first-order chi connectivity index (χ1) is 7.74. The Kier molecular flexibility index (Phi) is 2.28. The van der Waals surface area contributed by atoms with Crippen LogP contribution in [0, 0.1) is 17.8 Å². The lowest BCUT2D eigenvalue weighted by atomic mass is 9.93. The first-order valence-corrected chi connectivity index (χ1v) is 5.72. The van der Waals surface area contributed by atoms with Crippen LogP contribution in [0.25, 0.3) is 0 Å². The van der Waals surface area contributed by atoms with Gasteiger partial charge in [-0.05, 0) is 24.7 Å². The second-order valence-corrected chi connectivity index (χ2v) is 4.78. The van der Waals surface area contributed by atoms with Crippen molar-refractivity contribution in [1.82, 2.24) is 9.97 Å². The highest BCUT2D eigenvalue weighted by Gasteiger charge is 2.40. The molecule has 0 radical (unpaired) electrons. The van der Waals surface area contributed by atoms with E-state index in [9.17, 15) is 4.39 Å². The minimum absolute atomic E-state index is 0.322. The van der Waals surface area contributed by atoms with E-state index in [0.29, 0.717) is 23.7 Å². The number of piperidine rings is 1. The second kappa shape index (κ2) is 3.66. The van der Waals surface area contributed by atoms with Gasteiger partial charge in [-0.15, -0.1) is 0 Å². The maximum atomic E-state index is 13.0. The lowest BCUT2D eigenvalue weighted by Gasteiger charge is -2.36. The maximum Gasteiger partial charge on any atom is 0.218 e. The van der Waals surface area contributed by atoms with Gasteiger partial charge in [0.1, 0.15) is 12.1 Å². The third kappa shape index (κ3) is 1.55. The SMILES string of the molecule is N[C@@H]1[C@@H]2CC[C@H]1CN(c1cc(F)ncn1)C2. The highest BCUT2D eigenvalue weighted by Crippen LogP contribution is 2.36. The van der Waals surface area contributed by atoms with Crippen LogP contribution in [0.4, 0.5) is 10.2 Å². The van der Waals surface area contributed by atoms with Crippen LogP contribution < -0.4 is 10.6 Å². The number of aromatic nitrogens is 2. The third-order valence-electron chi connectivity index (χ3n) is 3.85. The summed E-state index contributed by atoms with van der Waals surface area (Å²) in [7, 11) is 0. The van der Waals surface area contributed by atoms with Gasteiger partial charge >= 0.3 is 0 Å². The van der Waals surface area contributed by atoms with Gasteiger partial charge in [-0.2, -0.15) is 4.39 Å². The number of anilines is 1. The van der Waals surface area contributed by atoms with Crippen molar-refractivity contribution in [2.45, 2.75) is 18.9 Å². The summed E-state index contributed by atoms with van der Waals surface area (Å²) in [5, 5.41) is 0. The monoisotopic (exact) mass is 222 g/mol. The van der Waals surface area contributed by atoms with Crippen LogP contribution in [-0.4, -0.2) is 29.1 Å². The average molecular weight is 222 g/mol. The third-order valence-corrected chi connectivity index (χ3v) is 3.85. The largest absolute Gasteiger partial charge is 0.356 e. The van der Waals surface area contributed by atoms with Crippen molar-refractivity contribution in [3.05, 3.63) is 18.3 Å². The molecule has 1 saturated heterocycles. The number of hydrogen-bond acceptors (Lipinski definition) is 4. The summed E-state index contributed by atoms with van der Waals surface area (Å²) >= 11 is 0. The molecular formula is C11H15FN4. The van der Waals surface area contributed by atoms with E-state index in [1.54, 1.807) is 0 Å². The molecule has 3 rings (SSSR count). The Labute approximate surface area is 93.7 Å². The van der Waals surface area contributed by atoms with E-state index in [4.69, 9.17) is 5.73 Å². The molecule has 4 nitrogen and oxygen atoms in total. The van der Waals surface area contributed by atoms with Crippen LogP contribution >= 0.6 is 0 Å². The molecule has 0 unspecified atom stereocenters. The van der Waals surface area contributed by atoms with Gasteiger partial charge < -0.3 is 10.6 Å². The van der Waals surface area contributed by atoms with Crippen molar-refractivity contribution in [2.24, 2.45) is 17.6 Å². The van der Waals surface area contributed by atoms with Crippen molar-refractivity contribution in [1.29, 1.82) is 0 Å². The summed E-state index contributed by atoms with van der Waals surface area (Å²) in [5.74, 6) is 1.30. The summed E-state index contributed by atoms with van der Waals surface area (Å²) in [6.45, 7) is 1.79.